The summed E-state index contributed by atoms with van der Waals surface area (Å²) in [5, 5.41) is 0. The topological polar surface area (TPSA) is 18.5 Å². The molecule has 0 unspecified atom stereocenters. The highest BCUT2D eigenvalue weighted by atomic mass is 19.1. The molecule has 0 amide bonds. The molecule has 2 aromatic carbocycles. The van der Waals surface area contributed by atoms with Crippen LogP contribution in [0.5, 0.6) is 11.5 Å². The second-order valence-corrected chi connectivity index (χ2v) is 5.97. The van der Waals surface area contributed by atoms with Crippen LogP contribution in [-0.2, 0) is 0 Å². The maximum Gasteiger partial charge on any atom is 0.167 e. The molecule has 0 spiro atoms. The van der Waals surface area contributed by atoms with Crippen molar-refractivity contribution in [3.05, 3.63) is 59.7 Å². The number of rotatable bonds is 11. The second kappa shape index (κ2) is 10.7. The van der Waals surface area contributed by atoms with E-state index in [1.807, 2.05) is 0 Å². The fraction of sp³-hybridized carbons (Fsp3) is 0.400. The lowest BCUT2D eigenvalue weighted by Gasteiger charge is -2.08. The van der Waals surface area contributed by atoms with Crippen LogP contribution in [0, 0.1) is 23.3 Å². The van der Waals surface area contributed by atoms with Crippen molar-refractivity contribution in [3.8, 4) is 11.5 Å². The number of halogens is 4. The van der Waals surface area contributed by atoms with Gasteiger partial charge in [-0.1, -0.05) is 25.7 Å². The molecule has 26 heavy (non-hydrogen) atoms. The largest absolute Gasteiger partial charge is 0.491 e. The molecule has 0 aliphatic rings. The highest BCUT2D eigenvalue weighted by Gasteiger charge is 2.05. The zero-order valence-corrected chi connectivity index (χ0v) is 14.4. The van der Waals surface area contributed by atoms with Crippen LogP contribution in [0.2, 0.25) is 0 Å². The van der Waals surface area contributed by atoms with Crippen LogP contribution >= 0.6 is 0 Å². The Morgan fingerprint density at radius 3 is 1.31 bits per heavy atom. The lowest BCUT2D eigenvalue weighted by Crippen LogP contribution is -2.00. The third-order valence-electron chi connectivity index (χ3n) is 3.84. The summed E-state index contributed by atoms with van der Waals surface area (Å²) in [7, 11) is 0. The van der Waals surface area contributed by atoms with E-state index in [0.29, 0.717) is 13.2 Å². The first-order valence-electron chi connectivity index (χ1n) is 8.72. The smallest absolute Gasteiger partial charge is 0.167 e. The molecule has 0 N–H and O–H groups in total. The number of unbranched alkanes of at least 4 members (excludes halogenated alkanes) is 5. The van der Waals surface area contributed by atoms with Crippen molar-refractivity contribution in [1.29, 1.82) is 0 Å². The molecular weight excluding hydrogens is 348 g/mol. The lowest BCUT2D eigenvalue weighted by atomic mass is 10.1. The van der Waals surface area contributed by atoms with Gasteiger partial charge in [0, 0.05) is 12.1 Å². The molecule has 0 radical (unpaired) electrons. The van der Waals surface area contributed by atoms with Gasteiger partial charge in [0.15, 0.2) is 23.1 Å². The van der Waals surface area contributed by atoms with Crippen molar-refractivity contribution in [2.75, 3.05) is 13.2 Å². The summed E-state index contributed by atoms with van der Waals surface area (Å²) in [4.78, 5) is 0. The van der Waals surface area contributed by atoms with Crippen molar-refractivity contribution in [2.24, 2.45) is 0 Å². The van der Waals surface area contributed by atoms with E-state index in [0.717, 1.165) is 62.8 Å². The Bertz CT molecular complexity index is 632. The summed E-state index contributed by atoms with van der Waals surface area (Å²) < 4.78 is 62.8. The number of benzene rings is 2. The molecule has 0 fully saturated rings. The maximum atomic E-state index is 13.3. The fourth-order valence-corrected chi connectivity index (χ4v) is 2.46. The van der Waals surface area contributed by atoms with E-state index in [9.17, 15) is 17.6 Å². The SMILES string of the molecule is Fc1ccc(OCCCCCCCCOc2ccc(F)cc2F)c(F)c1. The summed E-state index contributed by atoms with van der Waals surface area (Å²) in [6, 6.07) is 6.50. The van der Waals surface area contributed by atoms with E-state index < -0.39 is 23.3 Å². The third kappa shape index (κ3) is 6.94. The lowest BCUT2D eigenvalue weighted by molar-refractivity contribution is 0.283. The summed E-state index contributed by atoms with van der Waals surface area (Å²) >= 11 is 0. The van der Waals surface area contributed by atoms with Gasteiger partial charge in [-0.25, -0.2) is 17.6 Å². The molecule has 0 aliphatic heterocycles. The molecular formula is C20H22F4O2. The van der Waals surface area contributed by atoms with Crippen molar-refractivity contribution < 1.29 is 27.0 Å². The van der Waals surface area contributed by atoms with Gasteiger partial charge in [-0.2, -0.15) is 0 Å². The predicted octanol–water partition coefficient (Wildman–Crippen LogP) is 6.04. The Labute approximate surface area is 150 Å². The van der Waals surface area contributed by atoms with Gasteiger partial charge in [-0.3, -0.25) is 0 Å². The van der Waals surface area contributed by atoms with Crippen molar-refractivity contribution in [2.45, 2.75) is 38.5 Å². The van der Waals surface area contributed by atoms with Crippen LogP contribution < -0.4 is 9.47 Å². The summed E-state index contributed by atoms with van der Waals surface area (Å²) in [6.45, 7) is 0.769. The van der Waals surface area contributed by atoms with E-state index in [2.05, 4.69) is 0 Å². The van der Waals surface area contributed by atoms with Gasteiger partial charge >= 0.3 is 0 Å². The number of ether oxygens (including phenoxy) is 2. The Balaban J connectivity index is 1.47. The standard InChI is InChI=1S/C20H22F4O2/c21-15-7-9-19(17(23)13-15)25-11-5-3-1-2-4-6-12-26-20-10-8-16(22)14-18(20)24/h7-10,13-14H,1-6,11-12H2. The zero-order chi connectivity index (χ0) is 18.8. The molecule has 0 bridgehead atoms. The monoisotopic (exact) mass is 370 g/mol. The second-order valence-electron chi connectivity index (χ2n) is 5.97. The summed E-state index contributed by atoms with van der Waals surface area (Å²) in [6.07, 6.45) is 5.45. The molecule has 0 atom stereocenters. The van der Waals surface area contributed by atoms with Crippen molar-refractivity contribution >= 4 is 0 Å². The minimum atomic E-state index is -0.692. The average molecular weight is 370 g/mol. The zero-order valence-electron chi connectivity index (χ0n) is 14.4. The van der Waals surface area contributed by atoms with Gasteiger partial charge in [0.25, 0.3) is 0 Å². The van der Waals surface area contributed by atoms with E-state index in [1.54, 1.807) is 0 Å². The van der Waals surface area contributed by atoms with Gasteiger partial charge in [-0.05, 0) is 37.1 Å². The van der Waals surface area contributed by atoms with E-state index in [-0.39, 0.29) is 11.5 Å². The van der Waals surface area contributed by atoms with Gasteiger partial charge < -0.3 is 9.47 Å². The Kier molecular flexibility index (Phi) is 8.25. The Hall–Kier alpha value is -2.24. The third-order valence-corrected chi connectivity index (χ3v) is 3.84. The fourth-order valence-electron chi connectivity index (χ4n) is 2.46. The van der Waals surface area contributed by atoms with Crippen LogP contribution in [0.15, 0.2) is 36.4 Å². The van der Waals surface area contributed by atoms with Gasteiger partial charge in [0.1, 0.15) is 11.6 Å². The Morgan fingerprint density at radius 2 is 0.923 bits per heavy atom. The number of hydrogen-bond donors (Lipinski definition) is 0. The molecule has 0 aliphatic carbocycles. The first kappa shape index (κ1) is 20.1. The maximum absolute atomic E-state index is 13.3. The summed E-state index contributed by atoms with van der Waals surface area (Å²) in [5.74, 6) is -2.50. The van der Waals surface area contributed by atoms with Crippen LogP contribution in [0.25, 0.3) is 0 Å². The molecule has 2 nitrogen and oxygen atoms in total. The normalized spacial score (nSPS) is 10.8. The molecule has 0 heterocycles. The van der Waals surface area contributed by atoms with Crippen molar-refractivity contribution in [3.63, 3.8) is 0 Å². The molecule has 0 saturated heterocycles. The Morgan fingerprint density at radius 1 is 0.538 bits per heavy atom. The first-order chi connectivity index (χ1) is 12.6. The van der Waals surface area contributed by atoms with Gasteiger partial charge in [0.05, 0.1) is 13.2 Å². The van der Waals surface area contributed by atoms with E-state index in [1.165, 1.54) is 12.1 Å². The molecule has 6 heteroatoms. The minimum absolute atomic E-state index is 0.0663. The first-order valence-corrected chi connectivity index (χ1v) is 8.72. The molecule has 142 valence electrons. The van der Waals surface area contributed by atoms with Gasteiger partial charge in [-0.15, -0.1) is 0 Å². The van der Waals surface area contributed by atoms with Gasteiger partial charge in [0.2, 0.25) is 0 Å². The average Bonchev–Trinajstić information content (AvgIpc) is 2.59. The van der Waals surface area contributed by atoms with E-state index in [4.69, 9.17) is 9.47 Å². The number of hydrogen-bond acceptors (Lipinski definition) is 2. The van der Waals surface area contributed by atoms with Crippen LogP contribution in [0.3, 0.4) is 0 Å². The molecule has 2 rings (SSSR count). The highest BCUT2D eigenvalue weighted by Crippen LogP contribution is 2.19. The highest BCUT2D eigenvalue weighted by molar-refractivity contribution is 5.25. The predicted molar refractivity (Wildman–Crippen MR) is 91.4 cm³/mol. The van der Waals surface area contributed by atoms with Crippen molar-refractivity contribution in [1.82, 2.24) is 0 Å². The molecule has 0 saturated carbocycles. The quantitative estimate of drug-likeness (QED) is 0.355. The minimum Gasteiger partial charge on any atom is -0.491 e. The van der Waals surface area contributed by atoms with Crippen LogP contribution in [0.1, 0.15) is 38.5 Å². The van der Waals surface area contributed by atoms with Crippen LogP contribution in [-0.4, -0.2) is 13.2 Å². The van der Waals surface area contributed by atoms with E-state index >= 15 is 0 Å². The molecule has 0 aromatic heterocycles. The van der Waals surface area contributed by atoms with Crippen LogP contribution in [0.4, 0.5) is 17.6 Å². The molecule has 2 aromatic rings. The summed E-state index contributed by atoms with van der Waals surface area (Å²) in [5.41, 5.74) is 0.